The molecule has 0 aliphatic heterocycles. The number of para-hydroxylation sites is 1. The molecule has 0 fully saturated rings. The number of hydrogen-bond acceptors (Lipinski definition) is 5. The SMILES string of the molecule is Cc1noc2ccc(-c3cc([N+](=O)[O-])ccc3Oc3c(F)cccc3F)cc12. The predicted octanol–water partition coefficient (Wildman–Crippen LogP) is 5.78. The fourth-order valence-electron chi connectivity index (χ4n) is 2.86. The lowest BCUT2D eigenvalue weighted by atomic mass is 10.0. The zero-order chi connectivity index (χ0) is 19.8. The van der Waals surface area contributed by atoms with Crippen molar-refractivity contribution in [3.05, 3.63) is 82.0 Å². The van der Waals surface area contributed by atoms with Gasteiger partial charge in [0, 0.05) is 23.1 Å². The molecule has 4 aromatic rings. The third kappa shape index (κ3) is 3.05. The molecule has 0 atom stereocenters. The maximum absolute atomic E-state index is 14.0. The van der Waals surface area contributed by atoms with Crippen LogP contribution in [0.3, 0.4) is 0 Å². The normalized spacial score (nSPS) is 11.0. The van der Waals surface area contributed by atoms with Gasteiger partial charge in [0.05, 0.1) is 10.6 Å². The van der Waals surface area contributed by atoms with Gasteiger partial charge in [-0.25, -0.2) is 8.78 Å². The predicted molar refractivity (Wildman–Crippen MR) is 97.3 cm³/mol. The van der Waals surface area contributed by atoms with E-state index in [0.29, 0.717) is 27.8 Å². The van der Waals surface area contributed by atoms with Crippen LogP contribution >= 0.6 is 0 Å². The molecule has 0 aliphatic carbocycles. The van der Waals surface area contributed by atoms with Crippen LogP contribution in [0.5, 0.6) is 11.5 Å². The lowest BCUT2D eigenvalue weighted by molar-refractivity contribution is -0.384. The quantitative estimate of drug-likeness (QED) is 0.330. The van der Waals surface area contributed by atoms with Gasteiger partial charge in [-0.2, -0.15) is 0 Å². The van der Waals surface area contributed by atoms with Crippen molar-refractivity contribution in [1.29, 1.82) is 0 Å². The van der Waals surface area contributed by atoms with Gasteiger partial charge in [0.25, 0.3) is 5.69 Å². The van der Waals surface area contributed by atoms with E-state index in [2.05, 4.69) is 5.16 Å². The molecule has 140 valence electrons. The fraction of sp³-hybridized carbons (Fsp3) is 0.0500. The summed E-state index contributed by atoms with van der Waals surface area (Å²) in [5, 5.41) is 15.8. The summed E-state index contributed by atoms with van der Waals surface area (Å²) in [5.41, 5.74) is 1.87. The van der Waals surface area contributed by atoms with E-state index in [1.807, 2.05) is 0 Å². The van der Waals surface area contributed by atoms with Gasteiger partial charge in [0.2, 0.25) is 0 Å². The summed E-state index contributed by atoms with van der Waals surface area (Å²) in [5.74, 6) is -2.27. The Hall–Kier alpha value is -3.81. The number of non-ortho nitro benzene ring substituents is 1. The van der Waals surface area contributed by atoms with Gasteiger partial charge < -0.3 is 9.26 Å². The summed E-state index contributed by atoms with van der Waals surface area (Å²) in [4.78, 5) is 10.7. The van der Waals surface area contributed by atoms with Gasteiger partial charge in [-0.1, -0.05) is 17.3 Å². The molecule has 4 rings (SSSR count). The van der Waals surface area contributed by atoms with E-state index in [0.717, 1.165) is 12.1 Å². The third-order valence-electron chi connectivity index (χ3n) is 4.27. The van der Waals surface area contributed by atoms with Crippen molar-refractivity contribution in [1.82, 2.24) is 5.16 Å². The van der Waals surface area contributed by atoms with Crippen LogP contribution in [0.4, 0.5) is 14.5 Å². The number of nitro groups is 1. The van der Waals surface area contributed by atoms with Crippen LogP contribution in [0.15, 0.2) is 59.1 Å². The number of rotatable bonds is 4. The number of aryl methyl sites for hydroxylation is 1. The summed E-state index contributed by atoms with van der Waals surface area (Å²) in [6, 6.07) is 12.2. The highest BCUT2D eigenvalue weighted by molar-refractivity contribution is 5.86. The molecule has 3 aromatic carbocycles. The average Bonchev–Trinajstić information content (AvgIpc) is 3.05. The van der Waals surface area contributed by atoms with Crippen molar-refractivity contribution in [2.75, 3.05) is 0 Å². The van der Waals surface area contributed by atoms with Crippen LogP contribution < -0.4 is 4.74 Å². The largest absolute Gasteiger partial charge is 0.451 e. The van der Waals surface area contributed by atoms with E-state index >= 15 is 0 Å². The standard InChI is InChI=1S/C20H12F2N2O4/c1-11-14-9-12(5-7-19(14)28-23-11)15-10-13(24(25)26)6-8-18(15)27-20-16(21)3-2-4-17(20)22/h2-10H,1H3. The Bertz CT molecular complexity index is 1200. The molecule has 0 N–H and O–H groups in total. The van der Waals surface area contributed by atoms with Crippen LogP contribution in [0.1, 0.15) is 5.69 Å². The highest BCUT2D eigenvalue weighted by Gasteiger charge is 2.18. The summed E-state index contributed by atoms with van der Waals surface area (Å²) in [6.45, 7) is 1.76. The van der Waals surface area contributed by atoms with Crippen molar-refractivity contribution in [3.8, 4) is 22.6 Å². The van der Waals surface area contributed by atoms with E-state index in [-0.39, 0.29) is 11.4 Å². The second-order valence-electron chi connectivity index (χ2n) is 6.07. The molecule has 0 aliphatic rings. The number of benzene rings is 3. The van der Waals surface area contributed by atoms with Gasteiger partial charge in [-0.3, -0.25) is 10.1 Å². The highest BCUT2D eigenvalue weighted by atomic mass is 19.1. The number of ether oxygens (including phenoxy) is 1. The Morgan fingerprint density at radius 2 is 1.82 bits per heavy atom. The van der Waals surface area contributed by atoms with E-state index in [9.17, 15) is 18.9 Å². The molecule has 1 heterocycles. The van der Waals surface area contributed by atoms with Crippen molar-refractivity contribution < 1.29 is 23.0 Å². The molecule has 0 saturated carbocycles. The summed E-state index contributed by atoms with van der Waals surface area (Å²) < 4.78 is 38.6. The number of nitrogens with zero attached hydrogens (tertiary/aromatic N) is 2. The Balaban J connectivity index is 1.89. The third-order valence-corrected chi connectivity index (χ3v) is 4.27. The first kappa shape index (κ1) is 17.6. The Morgan fingerprint density at radius 1 is 1.07 bits per heavy atom. The summed E-state index contributed by atoms with van der Waals surface area (Å²) in [7, 11) is 0. The number of fused-ring (bicyclic) bond motifs is 1. The molecule has 0 saturated heterocycles. The second kappa shape index (κ2) is 6.73. The number of hydrogen-bond donors (Lipinski definition) is 0. The van der Waals surface area contributed by atoms with Gasteiger partial charge >= 0.3 is 0 Å². The maximum atomic E-state index is 14.0. The van der Waals surface area contributed by atoms with Crippen LogP contribution in [0.2, 0.25) is 0 Å². The van der Waals surface area contributed by atoms with E-state index < -0.39 is 22.3 Å². The van der Waals surface area contributed by atoms with Crippen molar-refractivity contribution in [3.63, 3.8) is 0 Å². The van der Waals surface area contributed by atoms with Crippen LogP contribution in [-0.4, -0.2) is 10.1 Å². The minimum absolute atomic E-state index is 0.0723. The molecule has 6 nitrogen and oxygen atoms in total. The molecule has 0 amide bonds. The molecular formula is C20H12F2N2O4. The number of halogens is 2. The summed E-state index contributed by atoms with van der Waals surface area (Å²) in [6.07, 6.45) is 0. The first-order chi connectivity index (χ1) is 13.4. The van der Waals surface area contributed by atoms with Crippen molar-refractivity contribution in [2.24, 2.45) is 0 Å². The second-order valence-corrected chi connectivity index (χ2v) is 6.07. The number of aromatic nitrogens is 1. The van der Waals surface area contributed by atoms with E-state index in [4.69, 9.17) is 9.26 Å². The molecule has 28 heavy (non-hydrogen) atoms. The van der Waals surface area contributed by atoms with E-state index in [1.54, 1.807) is 25.1 Å². The smallest absolute Gasteiger partial charge is 0.270 e. The highest BCUT2D eigenvalue weighted by Crippen LogP contribution is 2.39. The Labute approximate surface area is 157 Å². The maximum Gasteiger partial charge on any atom is 0.270 e. The van der Waals surface area contributed by atoms with Gasteiger partial charge in [0.15, 0.2) is 23.0 Å². The van der Waals surface area contributed by atoms with Crippen LogP contribution in [0.25, 0.3) is 22.1 Å². The lowest BCUT2D eigenvalue weighted by Gasteiger charge is -2.12. The molecular weight excluding hydrogens is 370 g/mol. The van der Waals surface area contributed by atoms with Crippen molar-refractivity contribution >= 4 is 16.7 Å². The van der Waals surface area contributed by atoms with E-state index in [1.165, 1.54) is 24.3 Å². The molecule has 0 unspecified atom stereocenters. The molecule has 0 radical (unpaired) electrons. The van der Waals surface area contributed by atoms with Crippen LogP contribution in [0, 0.1) is 28.7 Å². The summed E-state index contributed by atoms with van der Waals surface area (Å²) >= 11 is 0. The Morgan fingerprint density at radius 3 is 2.54 bits per heavy atom. The molecule has 8 heteroatoms. The topological polar surface area (TPSA) is 78.4 Å². The molecule has 0 bridgehead atoms. The lowest BCUT2D eigenvalue weighted by Crippen LogP contribution is -1.96. The fourth-order valence-corrected chi connectivity index (χ4v) is 2.86. The van der Waals surface area contributed by atoms with Crippen molar-refractivity contribution in [2.45, 2.75) is 6.92 Å². The molecule has 1 aromatic heterocycles. The zero-order valence-corrected chi connectivity index (χ0v) is 14.5. The monoisotopic (exact) mass is 382 g/mol. The number of nitro benzene ring substituents is 1. The molecule has 0 spiro atoms. The van der Waals surface area contributed by atoms with Crippen LogP contribution in [-0.2, 0) is 0 Å². The zero-order valence-electron chi connectivity index (χ0n) is 14.5. The minimum Gasteiger partial charge on any atom is -0.451 e. The van der Waals surface area contributed by atoms with Gasteiger partial charge in [0.1, 0.15) is 5.75 Å². The first-order valence-corrected chi connectivity index (χ1v) is 8.21. The van der Waals surface area contributed by atoms with Gasteiger partial charge in [-0.15, -0.1) is 0 Å². The minimum atomic E-state index is -0.880. The Kier molecular flexibility index (Phi) is 4.23. The first-order valence-electron chi connectivity index (χ1n) is 8.21. The van der Waals surface area contributed by atoms with Gasteiger partial charge in [-0.05, 0) is 42.8 Å². The average molecular weight is 382 g/mol.